The van der Waals surface area contributed by atoms with E-state index < -0.39 is 0 Å². The molecule has 1 rings (SSSR count). The molecule has 0 aromatic rings. The average molecular weight is 170 g/mol. The molecule has 0 amide bonds. The van der Waals surface area contributed by atoms with Crippen LogP contribution < -0.4 is 5.32 Å². The van der Waals surface area contributed by atoms with Crippen molar-refractivity contribution in [3.8, 4) is 0 Å². The highest BCUT2D eigenvalue weighted by Gasteiger charge is 2.28. The Balaban J connectivity index is 2.41. The first kappa shape index (κ1) is 10.0. The van der Waals surface area contributed by atoms with Crippen molar-refractivity contribution in [3.63, 3.8) is 0 Å². The first-order valence-electron chi connectivity index (χ1n) is 5.03. The van der Waals surface area contributed by atoms with Gasteiger partial charge in [-0.1, -0.05) is 20.3 Å². The van der Waals surface area contributed by atoms with Gasteiger partial charge in [0.05, 0.1) is 0 Å². The molecule has 0 aliphatic heterocycles. The molecule has 1 aliphatic rings. The highest BCUT2D eigenvalue weighted by molar-refractivity contribution is 4.88. The summed E-state index contributed by atoms with van der Waals surface area (Å²) in [7, 11) is 4.37. The summed E-state index contributed by atoms with van der Waals surface area (Å²) in [5.74, 6) is 0. The summed E-state index contributed by atoms with van der Waals surface area (Å²) in [5, 5.41) is 3.63. The van der Waals surface area contributed by atoms with Gasteiger partial charge in [0.25, 0.3) is 0 Å². The van der Waals surface area contributed by atoms with Crippen LogP contribution in [0.5, 0.6) is 0 Å². The maximum atomic E-state index is 3.63. The monoisotopic (exact) mass is 170 g/mol. The minimum Gasteiger partial charge on any atom is -0.310 e. The van der Waals surface area contributed by atoms with Crippen LogP contribution in [0, 0.1) is 0 Å². The Morgan fingerprint density at radius 1 is 1.25 bits per heavy atom. The second-order valence-electron chi connectivity index (χ2n) is 4.39. The predicted octanol–water partition coefficient (Wildman–Crippen LogP) is 1.47. The van der Waals surface area contributed by atoms with Crippen LogP contribution in [0.15, 0.2) is 0 Å². The molecule has 2 nitrogen and oxygen atoms in total. The lowest BCUT2D eigenvalue weighted by Crippen LogP contribution is -2.46. The van der Waals surface area contributed by atoms with Crippen LogP contribution in [0.3, 0.4) is 0 Å². The molecular formula is C10H22N2. The van der Waals surface area contributed by atoms with E-state index in [1.807, 2.05) is 0 Å². The Labute approximate surface area is 76.3 Å². The van der Waals surface area contributed by atoms with Crippen LogP contribution in [-0.2, 0) is 0 Å². The van der Waals surface area contributed by atoms with Gasteiger partial charge in [0.2, 0.25) is 0 Å². The Hall–Kier alpha value is -0.0800. The molecule has 1 aliphatic carbocycles. The van der Waals surface area contributed by atoms with Crippen LogP contribution in [-0.4, -0.2) is 37.1 Å². The van der Waals surface area contributed by atoms with E-state index in [-0.39, 0.29) is 0 Å². The number of nitrogens with one attached hydrogen (secondary N) is 1. The Bertz CT molecular complexity index is 132. The van der Waals surface area contributed by atoms with Crippen LogP contribution in [0.4, 0.5) is 0 Å². The Morgan fingerprint density at radius 2 is 1.92 bits per heavy atom. The molecule has 0 spiro atoms. The van der Waals surface area contributed by atoms with Crippen molar-refractivity contribution in [2.45, 2.75) is 51.2 Å². The molecule has 2 unspecified atom stereocenters. The van der Waals surface area contributed by atoms with Crippen LogP contribution >= 0.6 is 0 Å². The summed E-state index contributed by atoms with van der Waals surface area (Å²) in [6, 6.07) is 2.10. The fourth-order valence-electron chi connectivity index (χ4n) is 2.18. The highest BCUT2D eigenvalue weighted by atomic mass is 15.1. The van der Waals surface area contributed by atoms with E-state index in [0.29, 0.717) is 6.04 Å². The largest absolute Gasteiger partial charge is 0.310 e. The zero-order chi connectivity index (χ0) is 9.14. The van der Waals surface area contributed by atoms with Gasteiger partial charge >= 0.3 is 0 Å². The first-order chi connectivity index (χ1) is 5.61. The minimum atomic E-state index is 0.621. The van der Waals surface area contributed by atoms with Gasteiger partial charge in [-0.05, 0) is 26.9 Å². The van der Waals surface area contributed by atoms with Crippen molar-refractivity contribution in [3.05, 3.63) is 0 Å². The molecule has 2 heteroatoms. The first-order valence-corrected chi connectivity index (χ1v) is 5.03. The van der Waals surface area contributed by atoms with E-state index in [0.717, 1.165) is 12.1 Å². The predicted molar refractivity (Wildman–Crippen MR) is 53.4 cm³/mol. The molecule has 12 heavy (non-hydrogen) atoms. The molecule has 0 aromatic heterocycles. The SMILES string of the molecule is CC(C)NC1CCCC1N(C)C. The van der Waals surface area contributed by atoms with E-state index in [1.165, 1.54) is 19.3 Å². The molecule has 0 radical (unpaired) electrons. The van der Waals surface area contributed by atoms with Crippen molar-refractivity contribution in [1.82, 2.24) is 10.2 Å². The number of hydrogen-bond acceptors (Lipinski definition) is 2. The van der Waals surface area contributed by atoms with Gasteiger partial charge in [0, 0.05) is 18.1 Å². The number of hydrogen-bond donors (Lipinski definition) is 1. The second-order valence-corrected chi connectivity index (χ2v) is 4.39. The Kier molecular flexibility index (Phi) is 3.53. The van der Waals surface area contributed by atoms with Crippen LogP contribution in [0.1, 0.15) is 33.1 Å². The van der Waals surface area contributed by atoms with E-state index in [9.17, 15) is 0 Å². The number of nitrogens with zero attached hydrogens (tertiary/aromatic N) is 1. The van der Waals surface area contributed by atoms with Gasteiger partial charge in [0.1, 0.15) is 0 Å². The molecule has 0 saturated heterocycles. The molecule has 0 bridgehead atoms. The molecule has 1 saturated carbocycles. The Morgan fingerprint density at radius 3 is 2.42 bits per heavy atom. The van der Waals surface area contributed by atoms with Crippen molar-refractivity contribution >= 4 is 0 Å². The molecule has 1 N–H and O–H groups in total. The zero-order valence-corrected chi connectivity index (χ0v) is 8.80. The highest BCUT2D eigenvalue weighted by Crippen LogP contribution is 2.22. The standard InChI is InChI=1S/C10H22N2/c1-8(2)11-9-6-5-7-10(9)12(3)4/h8-11H,5-7H2,1-4H3. The minimum absolute atomic E-state index is 0.621. The lowest BCUT2D eigenvalue weighted by molar-refractivity contribution is 0.245. The summed E-state index contributed by atoms with van der Waals surface area (Å²) in [4.78, 5) is 2.35. The topological polar surface area (TPSA) is 15.3 Å². The van der Waals surface area contributed by atoms with Gasteiger partial charge in [0.15, 0.2) is 0 Å². The average Bonchev–Trinajstić information content (AvgIpc) is 2.33. The van der Waals surface area contributed by atoms with Gasteiger partial charge in [-0.15, -0.1) is 0 Å². The molecule has 0 aromatic carbocycles. The lowest BCUT2D eigenvalue weighted by Gasteiger charge is -2.28. The summed E-state index contributed by atoms with van der Waals surface area (Å²) >= 11 is 0. The van der Waals surface area contributed by atoms with Crippen molar-refractivity contribution < 1.29 is 0 Å². The van der Waals surface area contributed by atoms with Crippen molar-refractivity contribution in [1.29, 1.82) is 0 Å². The smallest absolute Gasteiger partial charge is 0.0243 e. The molecule has 1 fully saturated rings. The van der Waals surface area contributed by atoms with E-state index in [4.69, 9.17) is 0 Å². The number of rotatable bonds is 3. The van der Waals surface area contributed by atoms with Gasteiger partial charge in [-0.25, -0.2) is 0 Å². The lowest BCUT2D eigenvalue weighted by atomic mass is 10.1. The molecule has 2 atom stereocenters. The fourth-order valence-corrected chi connectivity index (χ4v) is 2.18. The van der Waals surface area contributed by atoms with Crippen LogP contribution in [0.25, 0.3) is 0 Å². The quantitative estimate of drug-likeness (QED) is 0.690. The van der Waals surface area contributed by atoms with Crippen LogP contribution in [0.2, 0.25) is 0 Å². The maximum Gasteiger partial charge on any atom is 0.0243 e. The number of likely N-dealkylation sites (N-methyl/N-ethyl adjacent to an activating group) is 1. The second kappa shape index (κ2) is 4.24. The summed E-state index contributed by atoms with van der Waals surface area (Å²) in [6.07, 6.45) is 4.09. The molecular weight excluding hydrogens is 148 g/mol. The summed E-state index contributed by atoms with van der Waals surface area (Å²) < 4.78 is 0. The maximum absolute atomic E-state index is 3.63. The van der Waals surface area contributed by atoms with Crippen molar-refractivity contribution in [2.24, 2.45) is 0 Å². The van der Waals surface area contributed by atoms with E-state index in [2.05, 4.69) is 38.2 Å². The zero-order valence-electron chi connectivity index (χ0n) is 8.80. The normalized spacial score (nSPS) is 30.5. The summed E-state index contributed by atoms with van der Waals surface area (Å²) in [5.41, 5.74) is 0. The molecule has 0 heterocycles. The van der Waals surface area contributed by atoms with Gasteiger partial charge in [-0.3, -0.25) is 0 Å². The summed E-state index contributed by atoms with van der Waals surface area (Å²) in [6.45, 7) is 4.45. The fraction of sp³-hybridized carbons (Fsp3) is 1.00. The third-order valence-electron chi connectivity index (χ3n) is 2.69. The van der Waals surface area contributed by atoms with Gasteiger partial charge < -0.3 is 10.2 Å². The van der Waals surface area contributed by atoms with E-state index in [1.54, 1.807) is 0 Å². The third kappa shape index (κ3) is 2.46. The van der Waals surface area contributed by atoms with Gasteiger partial charge in [-0.2, -0.15) is 0 Å². The van der Waals surface area contributed by atoms with Crippen molar-refractivity contribution in [2.75, 3.05) is 14.1 Å². The van der Waals surface area contributed by atoms with E-state index >= 15 is 0 Å². The molecule has 72 valence electrons. The third-order valence-corrected chi connectivity index (χ3v) is 2.69.